The van der Waals surface area contributed by atoms with Gasteiger partial charge in [-0.2, -0.15) is 0 Å². The zero-order chi connectivity index (χ0) is 7.57. The largest absolute Gasteiger partial charge is 0.0533 e. The van der Waals surface area contributed by atoms with Crippen LogP contribution < -0.4 is 0 Å². The van der Waals surface area contributed by atoms with Gasteiger partial charge in [0.15, 0.2) is 0 Å². The number of hydrogen-bond donors (Lipinski definition) is 0. The Hall–Kier alpha value is 0. The Morgan fingerprint density at radius 2 is 1.45 bits per heavy atom. The molecule has 2 saturated carbocycles. The third kappa shape index (κ3) is 1.60. The average Bonchev–Trinajstić information content (AvgIpc) is 1.82. The van der Waals surface area contributed by atoms with Gasteiger partial charge in [0, 0.05) is 0 Å². The molecule has 2 aliphatic rings. The van der Waals surface area contributed by atoms with Crippen LogP contribution in [0, 0.1) is 11.8 Å². The van der Waals surface area contributed by atoms with E-state index in [0.29, 0.717) is 0 Å². The Bertz CT molecular complexity index is 112. The van der Waals surface area contributed by atoms with Gasteiger partial charge in [-0.05, 0) is 37.5 Å². The van der Waals surface area contributed by atoms with E-state index in [2.05, 4.69) is 6.42 Å². The van der Waals surface area contributed by atoms with Gasteiger partial charge in [-0.3, -0.25) is 0 Å². The van der Waals surface area contributed by atoms with Gasteiger partial charge < -0.3 is 0 Å². The van der Waals surface area contributed by atoms with Crippen molar-refractivity contribution in [3.8, 4) is 0 Å². The molecule has 0 unspecified atom stereocenters. The van der Waals surface area contributed by atoms with Crippen molar-refractivity contribution in [1.29, 1.82) is 0 Å². The fourth-order valence-corrected chi connectivity index (χ4v) is 2.57. The average molecular weight is 151 g/mol. The summed E-state index contributed by atoms with van der Waals surface area (Å²) >= 11 is 0. The summed E-state index contributed by atoms with van der Waals surface area (Å²) in [5.74, 6) is 0. The van der Waals surface area contributed by atoms with Crippen LogP contribution in [-0.2, 0) is 0 Å². The van der Waals surface area contributed by atoms with E-state index in [4.69, 9.17) is 0 Å². The van der Waals surface area contributed by atoms with Crippen molar-refractivity contribution in [3.63, 3.8) is 0 Å². The first-order valence-electron chi connectivity index (χ1n) is 5.26. The van der Waals surface area contributed by atoms with Crippen LogP contribution in [0.15, 0.2) is 0 Å². The third-order valence-electron chi connectivity index (χ3n) is 3.56. The second kappa shape index (κ2) is 3.16. The Labute approximate surface area is 70.4 Å². The molecule has 0 N–H and O–H groups in total. The SMILES string of the molecule is [CH]1CCCCCCC12CCC2. The van der Waals surface area contributed by atoms with Gasteiger partial charge in [-0.15, -0.1) is 0 Å². The van der Waals surface area contributed by atoms with Crippen LogP contribution in [0.5, 0.6) is 0 Å². The lowest BCUT2D eigenvalue weighted by molar-refractivity contribution is 0.146. The van der Waals surface area contributed by atoms with E-state index in [1.807, 2.05) is 0 Å². The summed E-state index contributed by atoms with van der Waals surface area (Å²) in [7, 11) is 0. The molecule has 0 nitrogen and oxygen atoms in total. The summed E-state index contributed by atoms with van der Waals surface area (Å²) in [6, 6.07) is 0. The molecule has 0 aromatic heterocycles. The molecule has 0 amide bonds. The molecule has 0 heteroatoms. The lowest BCUT2D eigenvalue weighted by atomic mass is 9.62. The summed E-state index contributed by atoms with van der Waals surface area (Å²) in [6.45, 7) is 0. The van der Waals surface area contributed by atoms with Crippen molar-refractivity contribution >= 4 is 0 Å². The Morgan fingerprint density at radius 1 is 0.727 bits per heavy atom. The van der Waals surface area contributed by atoms with E-state index in [1.165, 1.54) is 57.8 Å². The molecule has 1 spiro atoms. The fraction of sp³-hybridized carbons (Fsp3) is 0.909. The van der Waals surface area contributed by atoms with Crippen LogP contribution in [0.1, 0.15) is 57.8 Å². The van der Waals surface area contributed by atoms with Crippen molar-refractivity contribution in [2.24, 2.45) is 5.41 Å². The Kier molecular flexibility index (Phi) is 2.20. The lowest BCUT2D eigenvalue weighted by Gasteiger charge is -2.43. The summed E-state index contributed by atoms with van der Waals surface area (Å²) in [5, 5.41) is 0. The molecule has 2 fully saturated rings. The molecule has 0 aromatic rings. The highest BCUT2D eigenvalue weighted by molar-refractivity contribution is 4.98. The molecule has 63 valence electrons. The van der Waals surface area contributed by atoms with Gasteiger partial charge in [0.25, 0.3) is 0 Å². The molecular formula is C11H19. The van der Waals surface area contributed by atoms with E-state index >= 15 is 0 Å². The Balaban J connectivity index is 1.86. The standard InChI is InChI=1S/C11H19/c1-2-4-7-11(8-5-3-1)9-6-10-11/h7H,1-6,8-10H2. The van der Waals surface area contributed by atoms with E-state index in [0.717, 1.165) is 5.41 Å². The van der Waals surface area contributed by atoms with Gasteiger partial charge in [0.1, 0.15) is 0 Å². The minimum atomic E-state index is 0.750. The smallest absolute Gasteiger partial charge is 0.0266 e. The van der Waals surface area contributed by atoms with Crippen molar-refractivity contribution < 1.29 is 0 Å². The maximum Gasteiger partial charge on any atom is -0.0266 e. The van der Waals surface area contributed by atoms with Crippen LogP contribution in [0.4, 0.5) is 0 Å². The second-order valence-electron chi connectivity index (χ2n) is 4.37. The van der Waals surface area contributed by atoms with Crippen LogP contribution in [0.2, 0.25) is 0 Å². The van der Waals surface area contributed by atoms with Gasteiger partial charge in [-0.1, -0.05) is 32.1 Å². The minimum Gasteiger partial charge on any atom is -0.0533 e. The van der Waals surface area contributed by atoms with Crippen LogP contribution >= 0.6 is 0 Å². The molecule has 2 rings (SSSR count). The summed E-state index contributed by atoms with van der Waals surface area (Å²) in [4.78, 5) is 0. The zero-order valence-corrected chi connectivity index (χ0v) is 7.44. The fourth-order valence-electron chi connectivity index (χ4n) is 2.57. The predicted octanol–water partition coefficient (Wildman–Crippen LogP) is 3.72. The molecule has 2 aliphatic carbocycles. The van der Waals surface area contributed by atoms with E-state index in [1.54, 1.807) is 0 Å². The summed E-state index contributed by atoms with van der Waals surface area (Å²) in [5.41, 5.74) is 0.750. The van der Waals surface area contributed by atoms with Crippen molar-refractivity contribution in [1.82, 2.24) is 0 Å². The van der Waals surface area contributed by atoms with E-state index < -0.39 is 0 Å². The van der Waals surface area contributed by atoms with Gasteiger partial charge >= 0.3 is 0 Å². The second-order valence-corrected chi connectivity index (χ2v) is 4.37. The van der Waals surface area contributed by atoms with Crippen LogP contribution in [0.25, 0.3) is 0 Å². The number of hydrogen-bond acceptors (Lipinski definition) is 0. The van der Waals surface area contributed by atoms with Gasteiger partial charge in [-0.25, -0.2) is 0 Å². The van der Waals surface area contributed by atoms with E-state index in [-0.39, 0.29) is 0 Å². The summed E-state index contributed by atoms with van der Waals surface area (Å²) in [6.07, 6.45) is 16.0. The van der Waals surface area contributed by atoms with Crippen molar-refractivity contribution in [2.45, 2.75) is 57.8 Å². The normalized spacial score (nSPS) is 30.5. The number of rotatable bonds is 0. The molecular weight excluding hydrogens is 132 g/mol. The van der Waals surface area contributed by atoms with Gasteiger partial charge in [0.2, 0.25) is 0 Å². The highest BCUT2D eigenvalue weighted by Crippen LogP contribution is 2.49. The maximum absolute atomic E-state index is 2.65. The quantitative estimate of drug-likeness (QED) is 0.495. The monoisotopic (exact) mass is 151 g/mol. The Morgan fingerprint density at radius 3 is 2.18 bits per heavy atom. The zero-order valence-electron chi connectivity index (χ0n) is 7.44. The summed E-state index contributed by atoms with van der Waals surface area (Å²) < 4.78 is 0. The maximum atomic E-state index is 2.65. The highest BCUT2D eigenvalue weighted by Gasteiger charge is 2.35. The van der Waals surface area contributed by atoms with Crippen LogP contribution in [0.3, 0.4) is 0 Å². The van der Waals surface area contributed by atoms with Crippen LogP contribution in [-0.4, -0.2) is 0 Å². The molecule has 0 aliphatic heterocycles. The molecule has 0 bridgehead atoms. The van der Waals surface area contributed by atoms with E-state index in [9.17, 15) is 0 Å². The van der Waals surface area contributed by atoms with Gasteiger partial charge in [0.05, 0.1) is 0 Å². The minimum absolute atomic E-state index is 0.750. The third-order valence-corrected chi connectivity index (χ3v) is 3.56. The van der Waals surface area contributed by atoms with Crippen molar-refractivity contribution in [3.05, 3.63) is 6.42 Å². The molecule has 0 aromatic carbocycles. The molecule has 0 heterocycles. The van der Waals surface area contributed by atoms with Crippen molar-refractivity contribution in [2.75, 3.05) is 0 Å². The molecule has 0 saturated heterocycles. The molecule has 1 radical (unpaired) electrons. The first-order valence-corrected chi connectivity index (χ1v) is 5.26. The molecule has 0 atom stereocenters. The first kappa shape index (κ1) is 7.64. The topological polar surface area (TPSA) is 0 Å². The predicted molar refractivity (Wildman–Crippen MR) is 48.3 cm³/mol. The lowest BCUT2D eigenvalue weighted by Crippen LogP contribution is -2.30. The highest BCUT2D eigenvalue weighted by atomic mass is 14.4. The molecule has 11 heavy (non-hydrogen) atoms. The first-order chi connectivity index (χ1) is 5.41.